The van der Waals surface area contributed by atoms with Crippen LogP contribution in [-0.4, -0.2) is 63.2 Å². The van der Waals surface area contributed by atoms with Crippen LogP contribution >= 0.6 is 0 Å². The molecule has 0 atom stereocenters. The van der Waals surface area contributed by atoms with Gasteiger partial charge in [0, 0.05) is 30.4 Å². The summed E-state index contributed by atoms with van der Waals surface area (Å²) in [5.41, 5.74) is 2.69. The molecular weight excluding hydrogens is 451 g/mol. The molecule has 0 bridgehead atoms. The second-order valence-corrected chi connectivity index (χ2v) is 7.51. The molecule has 0 saturated carbocycles. The van der Waals surface area contributed by atoms with Crippen LogP contribution in [0.25, 0.3) is 21.9 Å². The molecule has 1 amide bonds. The number of amides is 1. The van der Waals surface area contributed by atoms with E-state index in [1.165, 1.54) is 17.1 Å². The number of pyridine rings is 2. The van der Waals surface area contributed by atoms with E-state index < -0.39 is 0 Å². The minimum absolute atomic E-state index is 0.0873. The quantitative estimate of drug-likeness (QED) is 0.157. The molecule has 35 heavy (non-hydrogen) atoms. The summed E-state index contributed by atoms with van der Waals surface area (Å²) in [5, 5.41) is 18.8. The van der Waals surface area contributed by atoms with Gasteiger partial charge in [0.15, 0.2) is 5.84 Å². The number of carbonyl (C=O) groups excluding carboxylic acids is 1. The van der Waals surface area contributed by atoms with Gasteiger partial charge >= 0.3 is 0 Å². The number of nitrogens with zero attached hydrogens (tertiary/aromatic N) is 5. The number of benzene rings is 1. The predicted octanol–water partition coefficient (Wildman–Crippen LogP) is 3.40. The van der Waals surface area contributed by atoms with Crippen LogP contribution in [0.15, 0.2) is 72.2 Å². The third-order valence-corrected chi connectivity index (χ3v) is 5.14. The molecular formula is C25H25FN6O3. The van der Waals surface area contributed by atoms with Gasteiger partial charge in [-0.1, -0.05) is 6.08 Å². The fourth-order valence-corrected chi connectivity index (χ4v) is 3.57. The van der Waals surface area contributed by atoms with Crippen molar-refractivity contribution < 1.29 is 19.0 Å². The molecule has 10 heteroatoms. The van der Waals surface area contributed by atoms with E-state index in [0.29, 0.717) is 41.1 Å². The molecule has 180 valence electrons. The van der Waals surface area contributed by atoms with E-state index in [1.54, 1.807) is 53.5 Å². The van der Waals surface area contributed by atoms with Gasteiger partial charge in [-0.05, 0) is 43.3 Å². The molecule has 0 aliphatic carbocycles. The average Bonchev–Trinajstić information content (AvgIpc) is 3.29. The van der Waals surface area contributed by atoms with E-state index in [4.69, 9.17) is 9.84 Å². The van der Waals surface area contributed by atoms with Gasteiger partial charge in [-0.15, -0.1) is 0 Å². The first-order valence-corrected chi connectivity index (χ1v) is 11.1. The number of rotatable bonds is 10. The molecule has 0 unspecified atom stereocenters. The number of anilines is 1. The number of halogens is 1. The number of allylic oxidation sites excluding steroid dienone is 2. The molecule has 4 aromatic rings. The molecule has 0 fully saturated rings. The van der Waals surface area contributed by atoms with Gasteiger partial charge in [0.2, 0.25) is 6.41 Å². The highest BCUT2D eigenvalue weighted by molar-refractivity contribution is 6.01. The number of hydrogen-bond donors (Lipinski definition) is 2. The average molecular weight is 477 g/mol. The normalized spacial score (nSPS) is 11.9. The summed E-state index contributed by atoms with van der Waals surface area (Å²) < 4.78 is 20.9. The van der Waals surface area contributed by atoms with Gasteiger partial charge in [-0.3, -0.25) is 14.3 Å². The summed E-state index contributed by atoms with van der Waals surface area (Å²) >= 11 is 0. The highest BCUT2D eigenvalue weighted by atomic mass is 19.1. The predicted molar refractivity (Wildman–Crippen MR) is 133 cm³/mol. The highest BCUT2D eigenvalue weighted by Crippen LogP contribution is 2.23. The first kappa shape index (κ1) is 23.8. The third-order valence-electron chi connectivity index (χ3n) is 5.14. The minimum atomic E-state index is -0.348. The summed E-state index contributed by atoms with van der Waals surface area (Å²) in [6.45, 7) is 2.61. The van der Waals surface area contributed by atoms with Gasteiger partial charge in [0.05, 0.1) is 36.1 Å². The largest absolute Gasteiger partial charge is 0.490 e. The lowest BCUT2D eigenvalue weighted by Crippen LogP contribution is -2.26. The van der Waals surface area contributed by atoms with Crippen molar-refractivity contribution in [2.24, 2.45) is 5.10 Å². The summed E-state index contributed by atoms with van der Waals surface area (Å²) in [6.07, 6.45) is 9.21. The molecule has 0 spiro atoms. The molecule has 2 N–H and O–H groups in total. The van der Waals surface area contributed by atoms with Crippen molar-refractivity contribution in [3.63, 3.8) is 0 Å². The lowest BCUT2D eigenvalue weighted by atomic mass is 10.2. The Morgan fingerprint density at radius 1 is 1.29 bits per heavy atom. The number of hydrogen-bond acceptors (Lipinski definition) is 7. The first-order valence-electron chi connectivity index (χ1n) is 11.1. The second-order valence-electron chi connectivity index (χ2n) is 7.51. The summed E-state index contributed by atoms with van der Waals surface area (Å²) in [4.78, 5) is 20.5. The molecule has 3 aromatic heterocycles. The van der Waals surface area contributed by atoms with Crippen molar-refractivity contribution in [1.82, 2.24) is 19.5 Å². The summed E-state index contributed by atoms with van der Waals surface area (Å²) in [5.74, 6) is 0.650. The van der Waals surface area contributed by atoms with Crippen molar-refractivity contribution >= 4 is 39.9 Å². The SMILES string of the molecule is C/C=C\C(=N/N(C=O)CCNc1ccnc2cc(OCCO)cnc12)n1ccc2ccc(F)cc21. The summed E-state index contributed by atoms with van der Waals surface area (Å²) in [7, 11) is 0. The summed E-state index contributed by atoms with van der Waals surface area (Å²) in [6, 6.07) is 9.95. The molecule has 0 aliphatic heterocycles. The zero-order valence-electron chi connectivity index (χ0n) is 19.1. The van der Waals surface area contributed by atoms with Crippen molar-refractivity contribution in [2.45, 2.75) is 6.92 Å². The van der Waals surface area contributed by atoms with Crippen molar-refractivity contribution in [1.29, 1.82) is 0 Å². The first-order chi connectivity index (χ1) is 17.1. The van der Waals surface area contributed by atoms with Gasteiger partial charge in [-0.25, -0.2) is 14.4 Å². The zero-order valence-corrected chi connectivity index (χ0v) is 19.1. The minimum Gasteiger partial charge on any atom is -0.490 e. The number of aliphatic hydroxyl groups excluding tert-OH is 1. The molecule has 0 saturated heterocycles. The Balaban J connectivity index is 1.49. The van der Waals surface area contributed by atoms with Crippen LogP contribution in [0.4, 0.5) is 10.1 Å². The maximum absolute atomic E-state index is 13.8. The van der Waals surface area contributed by atoms with Crippen LogP contribution in [0.3, 0.4) is 0 Å². The van der Waals surface area contributed by atoms with Gasteiger partial charge < -0.3 is 15.2 Å². The van der Waals surface area contributed by atoms with Crippen LogP contribution in [0.5, 0.6) is 5.75 Å². The van der Waals surface area contributed by atoms with E-state index in [-0.39, 0.29) is 25.6 Å². The number of aliphatic hydroxyl groups is 1. The van der Waals surface area contributed by atoms with Crippen molar-refractivity contribution in [3.8, 4) is 5.75 Å². The fourth-order valence-electron chi connectivity index (χ4n) is 3.57. The molecule has 1 aromatic carbocycles. The van der Waals surface area contributed by atoms with E-state index in [2.05, 4.69) is 20.4 Å². The molecule has 0 radical (unpaired) electrons. The maximum Gasteiger partial charge on any atom is 0.230 e. The standard InChI is InChI=1S/C25H25FN6O3/c1-2-3-24(32-10-7-18-4-5-19(26)14-23(18)32)30-31(17-34)11-9-28-21-6-8-27-22-15-20(35-13-12-33)16-29-25(21)22/h2-8,10,14-17,33H,9,11-13H2,1H3,(H,27,28)/b3-2-,30-24+. The van der Waals surface area contributed by atoms with Crippen LogP contribution in [0, 0.1) is 5.82 Å². The Kier molecular flexibility index (Phi) is 7.63. The second kappa shape index (κ2) is 11.2. The Morgan fingerprint density at radius 3 is 2.97 bits per heavy atom. The Labute approximate surface area is 201 Å². The molecule has 9 nitrogen and oxygen atoms in total. The van der Waals surface area contributed by atoms with Gasteiger partial charge in [-0.2, -0.15) is 5.10 Å². The fraction of sp³-hybridized carbons (Fsp3) is 0.200. The van der Waals surface area contributed by atoms with Crippen molar-refractivity contribution in [2.75, 3.05) is 31.6 Å². The Bertz CT molecular complexity index is 1380. The van der Waals surface area contributed by atoms with E-state index in [9.17, 15) is 9.18 Å². The van der Waals surface area contributed by atoms with E-state index in [1.807, 2.05) is 13.0 Å². The smallest absolute Gasteiger partial charge is 0.230 e. The Hall–Kier alpha value is -4.31. The van der Waals surface area contributed by atoms with Gasteiger partial charge in [0.25, 0.3) is 0 Å². The van der Waals surface area contributed by atoms with Gasteiger partial charge in [0.1, 0.15) is 23.7 Å². The Morgan fingerprint density at radius 2 is 2.17 bits per heavy atom. The third kappa shape index (κ3) is 5.61. The number of hydrazone groups is 1. The number of fused-ring (bicyclic) bond motifs is 2. The van der Waals surface area contributed by atoms with E-state index >= 15 is 0 Å². The number of aromatic nitrogens is 3. The van der Waals surface area contributed by atoms with Crippen LogP contribution < -0.4 is 10.1 Å². The lowest BCUT2D eigenvalue weighted by Gasteiger charge is -2.15. The molecule has 4 rings (SSSR count). The van der Waals surface area contributed by atoms with E-state index in [0.717, 1.165) is 11.1 Å². The van der Waals surface area contributed by atoms with Crippen LogP contribution in [0.2, 0.25) is 0 Å². The molecule has 3 heterocycles. The lowest BCUT2D eigenvalue weighted by molar-refractivity contribution is -0.118. The maximum atomic E-state index is 13.8. The topological polar surface area (TPSA) is 105 Å². The van der Waals surface area contributed by atoms with Crippen LogP contribution in [0.1, 0.15) is 6.92 Å². The van der Waals surface area contributed by atoms with Crippen molar-refractivity contribution in [3.05, 3.63) is 73.0 Å². The number of ether oxygens (including phenoxy) is 1. The van der Waals surface area contributed by atoms with Crippen LogP contribution in [-0.2, 0) is 4.79 Å². The monoisotopic (exact) mass is 476 g/mol. The highest BCUT2D eigenvalue weighted by Gasteiger charge is 2.10. The zero-order chi connectivity index (χ0) is 24.6. The molecule has 0 aliphatic rings. The number of carbonyl (C=O) groups is 1. The number of nitrogens with one attached hydrogen (secondary N) is 1.